The van der Waals surface area contributed by atoms with Gasteiger partial charge >= 0.3 is 6.03 Å². The molecule has 0 aromatic carbocycles. The van der Waals surface area contributed by atoms with E-state index in [9.17, 15) is 19.6 Å². The first-order valence-corrected chi connectivity index (χ1v) is 15.8. The molecule has 0 spiro atoms. The molecule has 0 unspecified atom stereocenters. The molecule has 3 aliphatic carbocycles. The maximum atomic E-state index is 13.5. The van der Waals surface area contributed by atoms with E-state index in [-0.39, 0.29) is 45.3 Å². The fourth-order valence-electron chi connectivity index (χ4n) is 8.69. The second-order valence-electron chi connectivity index (χ2n) is 15.6. The molecule has 0 radical (unpaired) electrons. The van der Waals surface area contributed by atoms with Crippen LogP contribution in [0.5, 0.6) is 0 Å². The minimum Gasteiger partial charge on any atom is -0.338 e. The van der Waals surface area contributed by atoms with Crippen molar-refractivity contribution in [1.82, 2.24) is 10.6 Å². The van der Waals surface area contributed by atoms with Crippen LogP contribution in [0.4, 0.5) is 4.79 Å². The van der Waals surface area contributed by atoms with Crippen LogP contribution in [0, 0.1) is 44.3 Å². The van der Waals surface area contributed by atoms with Gasteiger partial charge in [0.1, 0.15) is 6.07 Å². The molecule has 41 heavy (non-hydrogen) atoms. The van der Waals surface area contributed by atoms with Gasteiger partial charge in [-0.2, -0.15) is 5.26 Å². The van der Waals surface area contributed by atoms with E-state index in [4.69, 9.17) is 0 Å². The van der Waals surface area contributed by atoms with Crippen molar-refractivity contribution in [1.29, 1.82) is 5.26 Å². The molecule has 2 N–H and O–H groups in total. The summed E-state index contributed by atoms with van der Waals surface area (Å²) in [7, 11) is 0. The van der Waals surface area contributed by atoms with Gasteiger partial charge in [-0.1, -0.05) is 73.5 Å². The fraction of sp³-hybridized carbons (Fsp3) is 0.771. The number of hydrogen-bond acceptors (Lipinski definition) is 4. The molecule has 228 valence electrons. The highest BCUT2D eigenvalue weighted by Gasteiger charge is 2.63. The molecule has 1 fully saturated rings. The lowest BCUT2D eigenvalue weighted by atomic mass is 9.40. The van der Waals surface area contributed by atoms with Crippen LogP contribution in [0.15, 0.2) is 23.3 Å². The molecule has 1 saturated carbocycles. The molecular formula is C35H55N3O3. The molecule has 0 aromatic heterocycles. The molecular weight excluding hydrogens is 510 g/mol. The van der Waals surface area contributed by atoms with E-state index in [1.807, 2.05) is 32.9 Å². The predicted octanol–water partition coefficient (Wildman–Crippen LogP) is 7.84. The van der Waals surface area contributed by atoms with E-state index in [2.05, 4.69) is 65.2 Å². The van der Waals surface area contributed by atoms with Gasteiger partial charge in [-0.05, 0) is 87.0 Å². The Morgan fingerprint density at radius 2 is 1.71 bits per heavy atom. The Bertz CT molecular complexity index is 1170. The van der Waals surface area contributed by atoms with E-state index >= 15 is 0 Å². The van der Waals surface area contributed by atoms with Gasteiger partial charge in [0, 0.05) is 29.3 Å². The summed E-state index contributed by atoms with van der Waals surface area (Å²) in [5.74, 6) is 0.0558. The van der Waals surface area contributed by atoms with Crippen molar-refractivity contribution in [2.75, 3.05) is 6.54 Å². The molecule has 0 bridgehead atoms. The zero-order valence-electron chi connectivity index (χ0n) is 27.5. The minimum atomic E-state index is -0.673. The van der Waals surface area contributed by atoms with E-state index in [1.165, 1.54) is 0 Å². The van der Waals surface area contributed by atoms with Crippen LogP contribution in [0.1, 0.15) is 127 Å². The van der Waals surface area contributed by atoms with Crippen LogP contribution < -0.4 is 10.6 Å². The fourth-order valence-corrected chi connectivity index (χ4v) is 8.69. The van der Waals surface area contributed by atoms with E-state index in [0.29, 0.717) is 13.0 Å². The number of urea groups is 1. The number of nitrogens with zero attached hydrogens (tertiary/aromatic N) is 1. The molecule has 5 atom stereocenters. The Kier molecular flexibility index (Phi) is 9.15. The number of allylic oxidation sites excluding steroid dienone is 4. The third-order valence-electron chi connectivity index (χ3n) is 11.6. The zero-order valence-corrected chi connectivity index (χ0v) is 27.5. The van der Waals surface area contributed by atoms with Crippen molar-refractivity contribution in [3.05, 3.63) is 23.3 Å². The summed E-state index contributed by atoms with van der Waals surface area (Å²) in [5.41, 5.74) is -0.738. The van der Waals surface area contributed by atoms with Crippen LogP contribution in [0.25, 0.3) is 0 Å². The van der Waals surface area contributed by atoms with Gasteiger partial charge in [-0.15, -0.1) is 0 Å². The van der Waals surface area contributed by atoms with Crippen molar-refractivity contribution in [2.24, 2.45) is 33.0 Å². The lowest BCUT2D eigenvalue weighted by Crippen LogP contribution is -2.58. The number of nitrogens with one attached hydrogen (secondary N) is 2. The van der Waals surface area contributed by atoms with Crippen LogP contribution in [0.3, 0.4) is 0 Å². The summed E-state index contributed by atoms with van der Waals surface area (Å²) < 4.78 is 0. The second-order valence-corrected chi connectivity index (χ2v) is 15.6. The summed E-state index contributed by atoms with van der Waals surface area (Å²) in [5, 5.41) is 16.1. The number of ketones is 2. The lowest BCUT2D eigenvalue weighted by Gasteiger charge is -2.63. The SMILES string of the molecule is CCCC(C)(C)CC[C@@](C)(CC[C@]1(C)CC(=O)C=C2[C@@]3(C)C=C(C#N)C(=O)C(C)(C)[C@@H]3CC[C@]21C)NC(=O)NCC. The van der Waals surface area contributed by atoms with Crippen LogP contribution in [-0.4, -0.2) is 29.7 Å². The first-order valence-electron chi connectivity index (χ1n) is 15.8. The molecule has 0 aliphatic heterocycles. The highest BCUT2D eigenvalue weighted by Crippen LogP contribution is 2.69. The maximum Gasteiger partial charge on any atom is 0.315 e. The smallest absolute Gasteiger partial charge is 0.315 e. The first kappa shape index (κ1) is 33.1. The van der Waals surface area contributed by atoms with E-state index < -0.39 is 16.4 Å². The van der Waals surface area contributed by atoms with Crippen LogP contribution in [-0.2, 0) is 9.59 Å². The third-order valence-corrected chi connectivity index (χ3v) is 11.6. The van der Waals surface area contributed by atoms with Gasteiger partial charge in [0.05, 0.1) is 5.57 Å². The molecule has 0 saturated heterocycles. The number of rotatable bonds is 10. The van der Waals surface area contributed by atoms with Crippen molar-refractivity contribution in [3.8, 4) is 6.07 Å². The highest BCUT2D eigenvalue weighted by molar-refractivity contribution is 6.04. The summed E-state index contributed by atoms with van der Waals surface area (Å²) in [4.78, 5) is 39.5. The normalized spacial score (nSPS) is 32.5. The number of carbonyl (C=O) groups is 3. The zero-order chi connectivity index (χ0) is 31.1. The average Bonchev–Trinajstić information content (AvgIpc) is 2.86. The summed E-state index contributed by atoms with van der Waals surface area (Å²) in [6.45, 7) is 22.1. The Balaban J connectivity index is 1.98. The van der Waals surface area contributed by atoms with Gasteiger partial charge in [0.15, 0.2) is 11.6 Å². The van der Waals surface area contributed by atoms with Crippen LogP contribution >= 0.6 is 0 Å². The Labute approximate surface area is 249 Å². The summed E-state index contributed by atoms with van der Waals surface area (Å²) in [6, 6.07) is 2.03. The molecule has 6 heteroatoms. The molecule has 3 aliphatic rings. The van der Waals surface area contributed by atoms with Crippen molar-refractivity contribution < 1.29 is 14.4 Å². The van der Waals surface area contributed by atoms with Gasteiger partial charge < -0.3 is 10.6 Å². The largest absolute Gasteiger partial charge is 0.338 e. The Hall–Kier alpha value is -2.42. The van der Waals surface area contributed by atoms with Gasteiger partial charge in [0.2, 0.25) is 0 Å². The van der Waals surface area contributed by atoms with Crippen LogP contribution in [0.2, 0.25) is 0 Å². The topological polar surface area (TPSA) is 99.1 Å². The first-order chi connectivity index (χ1) is 18.8. The number of hydrogen-bond donors (Lipinski definition) is 2. The number of carbonyl (C=O) groups excluding carboxylic acids is 3. The molecule has 6 nitrogen and oxygen atoms in total. The van der Waals surface area contributed by atoms with Gasteiger partial charge in [-0.25, -0.2) is 4.79 Å². The molecule has 3 rings (SSSR count). The maximum absolute atomic E-state index is 13.5. The number of fused-ring (bicyclic) bond motifs is 3. The second kappa shape index (κ2) is 11.3. The number of Topliss-reactive ketones (excluding diaryl/α,β-unsaturated/α-hetero) is 1. The van der Waals surface area contributed by atoms with Crippen molar-refractivity contribution >= 4 is 17.6 Å². The standard InChI is InChI=1S/C35H55N3O3/c1-11-14-30(3,4)16-18-33(8,38-29(41)37-12-2)19-17-32(7)22-25(39)20-27-34(9)21-24(23-36)28(40)31(5,6)26(34)13-15-35(27,32)10/h20-21,26H,11-19,22H2,1-10H3,(H2,37,38,41)/t26-,32+,33-,34-,35+/m0/s1. The Morgan fingerprint density at radius 3 is 2.29 bits per heavy atom. The number of nitriles is 1. The predicted molar refractivity (Wildman–Crippen MR) is 165 cm³/mol. The third kappa shape index (κ3) is 6.06. The molecule has 0 aromatic rings. The van der Waals surface area contributed by atoms with Gasteiger partial charge in [-0.3, -0.25) is 9.59 Å². The lowest BCUT2D eigenvalue weighted by molar-refractivity contribution is -0.133. The van der Waals surface area contributed by atoms with Crippen molar-refractivity contribution in [3.63, 3.8) is 0 Å². The van der Waals surface area contributed by atoms with Gasteiger partial charge in [0.25, 0.3) is 0 Å². The Morgan fingerprint density at radius 1 is 1.05 bits per heavy atom. The average molecular weight is 566 g/mol. The van der Waals surface area contributed by atoms with E-state index in [1.54, 1.807) is 0 Å². The molecule has 2 amide bonds. The number of amides is 2. The van der Waals surface area contributed by atoms with Crippen molar-refractivity contribution in [2.45, 2.75) is 133 Å². The highest BCUT2D eigenvalue weighted by atomic mass is 16.2. The molecule has 0 heterocycles. The summed E-state index contributed by atoms with van der Waals surface area (Å²) in [6.07, 6.45) is 11.6. The quantitative estimate of drug-likeness (QED) is 0.282. The monoisotopic (exact) mass is 565 g/mol. The summed E-state index contributed by atoms with van der Waals surface area (Å²) >= 11 is 0. The minimum absolute atomic E-state index is 0.0274. The van der Waals surface area contributed by atoms with E-state index in [0.717, 1.165) is 56.9 Å².